The van der Waals surface area contributed by atoms with Crippen LogP contribution in [-0.4, -0.2) is 9.97 Å². The summed E-state index contributed by atoms with van der Waals surface area (Å²) in [6, 6.07) is 1.15. The Morgan fingerprint density at radius 1 is 1.64 bits per heavy atom. The molecule has 0 saturated heterocycles. The summed E-state index contributed by atoms with van der Waals surface area (Å²) in [7, 11) is 0. The van der Waals surface area contributed by atoms with Crippen molar-refractivity contribution >= 4 is 0 Å². The van der Waals surface area contributed by atoms with Gasteiger partial charge in [-0.3, -0.25) is 4.79 Å². The van der Waals surface area contributed by atoms with Gasteiger partial charge in [0, 0.05) is 6.07 Å². The number of aromatic amines is 1. The van der Waals surface area contributed by atoms with Crippen LogP contribution < -0.4 is 5.56 Å². The van der Waals surface area contributed by atoms with Crippen molar-refractivity contribution in [2.24, 2.45) is 0 Å². The fraction of sp³-hybridized carbons (Fsp3) is 0.429. The van der Waals surface area contributed by atoms with E-state index in [2.05, 4.69) is 9.97 Å². The maximum absolute atomic E-state index is 13.1. The lowest BCUT2D eigenvalue weighted by Crippen LogP contribution is -2.16. The van der Waals surface area contributed by atoms with Crippen LogP contribution in [0.25, 0.3) is 0 Å². The molecule has 0 amide bonds. The van der Waals surface area contributed by atoms with Gasteiger partial charge >= 0.3 is 0 Å². The Morgan fingerprint density at radius 3 is 2.64 bits per heavy atom. The van der Waals surface area contributed by atoms with Crippen LogP contribution in [0.3, 0.4) is 0 Å². The van der Waals surface area contributed by atoms with Crippen molar-refractivity contribution in [3.8, 4) is 0 Å². The third-order valence-electron chi connectivity index (χ3n) is 1.29. The summed E-state index contributed by atoms with van der Waals surface area (Å²) in [6.07, 6.45) is 1.19. The number of nitrogens with one attached hydrogen (secondary N) is 1. The Bertz CT molecular complexity index is 300. The Morgan fingerprint density at radius 2 is 2.27 bits per heavy atom. The molecule has 0 aliphatic heterocycles. The molecule has 1 N–H and O–H groups in total. The van der Waals surface area contributed by atoms with E-state index < -0.39 is 5.67 Å². The fourth-order valence-electron chi connectivity index (χ4n) is 0.694. The maximum atomic E-state index is 13.1. The van der Waals surface area contributed by atoms with E-state index in [1.807, 2.05) is 0 Å². The Balaban J connectivity index is 3.16. The van der Waals surface area contributed by atoms with Crippen LogP contribution in [0.2, 0.25) is 0 Å². The molecule has 0 unspecified atom stereocenters. The van der Waals surface area contributed by atoms with Gasteiger partial charge in [0.05, 0.1) is 12.0 Å². The summed E-state index contributed by atoms with van der Waals surface area (Å²) in [5.74, 6) is 0. The van der Waals surface area contributed by atoms with Gasteiger partial charge < -0.3 is 4.98 Å². The molecule has 0 aliphatic carbocycles. The SMILES string of the molecule is CC(C)(F)c1cc(=O)[nH]cn1. The molecule has 1 rings (SSSR count). The second kappa shape index (κ2) is 2.45. The molecule has 0 atom stereocenters. The van der Waals surface area contributed by atoms with Gasteiger partial charge in [0.25, 0.3) is 5.56 Å². The number of H-pyrrole nitrogens is 1. The van der Waals surface area contributed by atoms with Crippen LogP contribution in [0.15, 0.2) is 17.2 Å². The van der Waals surface area contributed by atoms with Crippen molar-refractivity contribution in [3.05, 3.63) is 28.4 Å². The normalized spacial score (nSPS) is 11.5. The van der Waals surface area contributed by atoms with Crippen molar-refractivity contribution in [1.82, 2.24) is 9.97 Å². The number of aromatic nitrogens is 2. The minimum absolute atomic E-state index is 0.154. The van der Waals surface area contributed by atoms with E-state index in [0.717, 1.165) is 6.07 Å². The first-order chi connectivity index (χ1) is 5.00. The maximum Gasteiger partial charge on any atom is 0.251 e. The topological polar surface area (TPSA) is 45.8 Å². The van der Waals surface area contributed by atoms with E-state index in [-0.39, 0.29) is 11.3 Å². The van der Waals surface area contributed by atoms with Gasteiger partial charge in [0.2, 0.25) is 0 Å². The molecule has 3 nitrogen and oxygen atoms in total. The summed E-state index contributed by atoms with van der Waals surface area (Å²) < 4.78 is 13.1. The number of halogens is 1. The molecule has 0 aromatic carbocycles. The molecule has 0 radical (unpaired) electrons. The zero-order chi connectivity index (χ0) is 8.48. The quantitative estimate of drug-likeness (QED) is 0.658. The fourth-order valence-corrected chi connectivity index (χ4v) is 0.694. The molecule has 4 heteroatoms. The second-order valence-electron chi connectivity index (χ2n) is 2.77. The highest BCUT2D eigenvalue weighted by Gasteiger charge is 2.20. The molecule has 0 spiro atoms. The first-order valence-electron chi connectivity index (χ1n) is 3.24. The number of nitrogens with zero attached hydrogens (tertiary/aromatic N) is 1. The number of hydrogen-bond donors (Lipinski definition) is 1. The third kappa shape index (κ3) is 1.86. The van der Waals surface area contributed by atoms with Crippen molar-refractivity contribution in [2.45, 2.75) is 19.5 Å². The Labute approximate surface area is 63.3 Å². The van der Waals surface area contributed by atoms with Gasteiger partial charge in [-0.05, 0) is 13.8 Å². The number of alkyl halides is 1. The van der Waals surface area contributed by atoms with Crippen molar-refractivity contribution in [3.63, 3.8) is 0 Å². The molecule has 0 saturated carbocycles. The van der Waals surface area contributed by atoms with Crippen LogP contribution in [-0.2, 0) is 5.67 Å². The first kappa shape index (κ1) is 7.91. The lowest BCUT2D eigenvalue weighted by atomic mass is 10.1. The van der Waals surface area contributed by atoms with E-state index in [1.54, 1.807) is 0 Å². The molecular weight excluding hydrogens is 147 g/mol. The molecule has 11 heavy (non-hydrogen) atoms. The van der Waals surface area contributed by atoms with Crippen molar-refractivity contribution in [1.29, 1.82) is 0 Å². The second-order valence-corrected chi connectivity index (χ2v) is 2.77. The van der Waals surface area contributed by atoms with Gasteiger partial charge in [0.15, 0.2) is 0 Å². The first-order valence-corrected chi connectivity index (χ1v) is 3.24. The number of hydrogen-bond acceptors (Lipinski definition) is 2. The number of rotatable bonds is 1. The summed E-state index contributed by atoms with van der Waals surface area (Å²) in [5, 5.41) is 0. The summed E-state index contributed by atoms with van der Waals surface area (Å²) >= 11 is 0. The smallest absolute Gasteiger partial charge is 0.251 e. The predicted molar refractivity (Wildman–Crippen MR) is 39.0 cm³/mol. The average molecular weight is 156 g/mol. The zero-order valence-electron chi connectivity index (χ0n) is 6.39. The van der Waals surface area contributed by atoms with Crippen LogP contribution >= 0.6 is 0 Å². The lowest BCUT2D eigenvalue weighted by molar-refractivity contribution is 0.214. The standard InChI is InChI=1S/C7H9FN2O/c1-7(2,8)5-3-6(11)10-4-9-5/h3-4H,1-2H3,(H,9,10,11). The van der Waals surface area contributed by atoms with E-state index in [1.165, 1.54) is 20.2 Å². The highest BCUT2D eigenvalue weighted by atomic mass is 19.1. The van der Waals surface area contributed by atoms with E-state index >= 15 is 0 Å². The predicted octanol–water partition coefficient (Wildman–Crippen LogP) is 0.974. The van der Waals surface area contributed by atoms with Gasteiger partial charge in [-0.25, -0.2) is 9.37 Å². The van der Waals surface area contributed by atoms with Crippen LogP contribution in [0.4, 0.5) is 4.39 Å². The van der Waals surface area contributed by atoms with Gasteiger partial charge in [-0.1, -0.05) is 0 Å². The van der Waals surface area contributed by atoms with E-state index in [4.69, 9.17) is 0 Å². The van der Waals surface area contributed by atoms with Crippen molar-refractivity contribution in [2.75, 3.05) is 0 Å². The van der Waals surface area contributed by atoms with Gasteiger partial charge in [-0.2, -0.15) is 0 Å². The van der Waals surface area contributed by atoms with E-state index in [9.17, 15) is 9.18 Å². The minimum atomic E-state index is -1.55. The summed E-state index contributed by atoms with van der Waals surface area (Å²) in [6.45, 7) is 2.71. The lowest BCUT2D eigenvalue weighted by Gasteiger charge is -2.11. The molecule has 1 aromatic heterocycles. The molecule has 0 fully saturated rings. The zero-order valence-corrected chi connectivity index (χ0v) is 6.39. The average Bonchev–Trinajstić information content (AvgIpc) is 1.86. The van der Waals surface area contributed by atoms with Crippen LogP contribution in [0.5, 0.6) is 0 Å². The van der Waals surface area contributed by atoms with Gasteiger partial charge in [0.1, 0.15) is 5.67 Å². The molecule has 60 valence electrons. The monoisotopic (exact) mass is 156 g/mol. The Hall–Kier alpha value is -1.19. The highest BCUT2D eigenvalue weighted by Crippen LogP contribution is 2.19. The summed E-state index contributed by atoms with van der Waals surface area (Å²) in [5.41, 5.74) is -1.73. The Kier molecular flexibility index (Phi) is 1.76. The highest BCUT2D eigenvalue weighted by molar-refractivity contribution is 5.06. The minimum Gasteiger partial charge on any atom is -0.313 e. The largest absolute Gasteiger partial charge is 0.313 e. The molecule has 1 heterocycles. The van der Waals surface area contributed by atoms with E-state index in [0.29, 0.717) is 0 Å². The molecule has 0 bridgehead atoms. The molecule has 1 aromatic rings. The molecular formula is C7H9FN2O. The van der Waals surface area contributed by atoms with Gasteiger partial charge in [-0.15, -0.1) is 0 Å². The third-order valence-corrected chi connectivity index (χ3v) is 1.29. The molecule has 0 aliphatic rings. The summed E-state index contributed by atoms with van der Waals surface area (Å²) in [4.78, 5) is 16.7. The van der Waals surface area contributed by atoms with Crippen LogP contribution in [0.1, 0.15) is 19.5 Å². The van der Waals surface area contributed by atoms with Crippen LogP contribution in [0, 0.1) is 0 Å². The van der Waals surface area contributed by atoms with Crippen molar-refractivity contribution < 1.29 is 4.39 Å².